The van der Waals surface area contributed by atoms with Gasteiger partial charge in [-0.05, 0) is 0 Å². The molecule has 0 aliphatic carbocycles. The lowest BCUT2D eigenvalue weighted by Crippen LogP contribution is -2.29. The zero-order chi connectivity index (χ0) is 7.44. The van der Waals surface area contributed by atoms with E-state index >= 15 is 0 Å². The van der Waals surface area contributed by atoms with Gasteiger partial charge in [-0.1, -0.05) is 18.2 Å². The molecule has 0 amide bonds. The molecular weight excluding hydrogens is 142 g/mol. The fraction of sp³-hybridized carbons (Fsp3) is 0.400. The van der Waals surface area contributed by atoms with E-state index in [9.17, 15) is 4.79 Å². The minimum Gasteiger partial charge on any atom is -0.480 e. The van der Waals surface area contributed by atoms with E-state index in [0.717, 1.165) is 0 Å². The smallest absolute Gasteiger partial charge is 0.320 e. The topological polar surface area (TPSA) is 63.3 Å². The Bertz CT molecular complexity index is 135. The highest BCUT2D eigenvalue weighted by atomic mass is 35.5. The molecule has 1 atom stereocenters. The van der Waals surface area contributed by atoms with Crippen LogP contribution in [-0.4, -0.2) is 17.1 Å². The molecule has 52 valence electrons. The third-order valence-corrected chi connectivity index (χ3v) is 0.913. The summed E-state index contributed by atoms with van der Waals surface area (Å²) >= 11 is 5.28. The minimum atomic E-state index is -1.06. The lowest BCUT2D eigenvalue weighted by Gasteiger charge is -2.01. The quantitative estimate of drug-likeness (QED) is 0.616. The van der Waals surface area contributed by atoms with Crippen molar-refractivity contribution in [2.75, 3.05) is 0 Å². The Morgan fingerprint density at radius 1 is 1.89 bits per heavy atom. The van der Waals surface area contributed by atoms with Gasteiger partial charge < -0.3 is 10.8 Å². The molecule has 0 aromatic carbocycles. The second kappa shape index (κ2) is 3.48. The maximum Gasteiger partial charge on any atom is 0.320 e. The molecule has 0 aliphatic rings. The molecule has 4 heteroatoms. The van der Waals surface area contributed by atoms with Crippen LogP contribution < -0.4 is 5.73 Å². The number of carboxylic acid groups (broad SMARTS) is 1. The van der Waals surface area contributed by atoms with Gasteiger partial charge in [0.2, 0.25) is 0 Å². The van der Waals surface area contributed by atoms with Crippen molar-refractivity contribution in [3.63, 3.8) is 0 Å². The van der Waals surface area contributed by atoms with Crippen molar-refractivity contribution in [3.05, 3.63) is 11.6 Å². The van der Waals surface area contributed by atoms with Gasteiger partial charge in [-0.15, -0.1) is 0 Å². The third kappa shape index (κ3) is 4.00. The number of aliphatic carboxylic acids is 1. The van der Waals surface area contributed by atoms with Gasteiger partial charge in [0.1, 0.15) is 6.04 Å². The monoisotopic (exact) mass is 149 g/mol. The molecule has 0 aromatic heterocycles. The van der Waals surface area contributed by atoms with E-state index in [1.165, 1.54) is 0 Å². The Labute approximate surface area is 58.1 Å². The molecule has 3 nitrogen and oxygen atoms in total. The van der Waals surface area contributed by atoms with Crippen molar-refractivity contribution in [2.24, 2.45) is 5.73 Å². The SMILES string of the molecule is C=C(Cl)CC(N)C(=O)O. The summed E-state index contributed by atoms with van der Waals surface area (Å²) in [7, 11) is 0. The summed E-state index contributed by atoms with van der Waals surface area (Å²) in [4.78, 5) is 10.0. The molecular formula is C5H8ClNO2. The van der Waals surface area contributed by atoms with Crippen molar-refractivity contribution in [3.8, 4) is 0 Å². The highest BCUT2D eigenvalue weighted by Gasteiger charge is 2.10. The van der Waals surface area contributed by atoms with Gasteiger partial charge in [0, 0.05) is 11.5 Å². The summed E-state index contributed by atoms with van der Waals surface area (Å²) in [6, 6.07) is -0.921. The van der Waals surface area contributed by atoms with Gasteiger partial charge in [0.25, 0.3) is 0 Å². The Morgan fingerprint density at radius 2 is 2.33 bits per heavy atom. The summed E-state index contributed by atoms with van der Waals surface area (Å²) in [5.74, 6) is -1.06. The lowest BCUT2D eigenvalue weighted by molar-refractivity contribution is -0.138. The Morgan fingerprint density at radius 3 is 2.44 bits per heavy atom. The second-order valence-corrected chi connectivity index (χ2v) is 2.20. The highest BCUT2D eigenvalue weighted by Crippen LogP contribution is 2.04. The molecule has 0 aliphatic heterocycles. The number of halogens is 1. The second-order valence-electron chi connectivity index (χ2n) is 1.67. The van der Waals surface area contributed by atoms with Crippen LogP contribution in [0.1, 0.15) is 6.42 Å². The van der Waals surface area contributed by atoms with Gasteiger partial charge in [0.05, 0.1) is 0 Å². The van der Waals surface area contributed by atoms with E-state index in [4.69, 9.17) is 22.4 Å². The average molecular weight is 150 g/mol. The van der Waals surface area contributed by atoms with E-state index in [1.54, 1.807) is 0 Å². The van der Waals surface area contributed by atoms with Gasteiger partial charge in [-0.2, -0.15) is 0 Å². The number of hydrogen-bond donors (Lipinski definition) is 2. The van der Waals surface area contributed by atoms with E-state index in [0.29, 0.717) is 0 Å². The standard InChI is InChI=1S/C5H8ClNO2/c1-3(6)2-4(7)5(8)9/h4H,1-2,7H2,(H,8,9). The van der Waals surface area contributed by atoms with Crippen LogP contribution in [0.5, 0.6) is 0 Å². The lowest BCUT2D eigenvalue weighted by atomic mass is 10.2. The molecule has 0 heterocycles. The fourth-order valence-electron chi connectivity index (χ4n) is 0.326. The molecule has 0 rings (SSSR count). The summed E-state index contributed by atoms with van der Waals surface area (Å²) in [5.41, 5.74) is 5.07. The van der Waals surface area contributed by atoms with Gasteiger partial charge in [0.15, 0.2) is 0 Å². The Hall–Kier alpha value is -0.540. The van der Waals surface area contributed by atoms with Crippen molar-refractivity contribution in [1.29, 1.82) is 0 Å². The van der Waals surface area contributed by atoms with Crippen LogP contribution >= 0.6 is 11.6 Å². The first-order valence-electron chi connectivity index (χ1n) is 2.35. The average Bonchev–Trinajstić information content (AvgIpc) is 1.63. The maximum absolute atomic E-state index is 10.0. The molecule has 1 unspecified atom stereocenters. The zero-order valence-corrected chi connectivity index (χ0v) is 5.56. The number of carboxylic acids is 1. The minimum absolute atomic E-state index is 0.122. The molecule has 0 aromatic rings. The highest BCUT2D eigenvalue weighted by molar-refractivity contribution is 6.29. The predicted octanol–water partition coefficient (Wildman–Crippen LogP) is 0.541. The van der Waals surface area contributed by atoms with Crippen LogP contribution in [0.15, 0.2) is 11.6 Å². The first kappa shape index (κ1) is 8.46. The van der Waals surface area contributed by atoms with E-state index in [-0.39, 0.29) is 11.5 Å². The first-order chi connectivity index (χ1) is 4.04. The van der Waals surface area contributed by atoms with Gasteiger partial charge in [-0.25, -0.2) is 0 Å². The van der Waals surface area contributed by atoms with Crippen molar-refractivity contribution in [1.82, 2.24) is 0 Å². The molecule has 0 bridgehead atoms. The molecule has 9 heavy (non-hydrogen) atoms. The molecule has 0 saturated carbocycles. The number of hydrogen-bond acceptors (Lipinski definition) is 2. The summed E-state index contributed by atoms with van der Waals surface area (Å²) in [6.07, 6.45) is 0.122. The van der Waals surface area contributed by atoms with E-state index < -0.39 is 12.0 Å². The predicted molar refractivity (Wildman–Crippen MR) is 35.2 cm³/mol. The van der Waals surface area contributed by atoms with Crippen LogP contribution in [0.4, 0.5) is 0 Å². The molecule has 0 spiro atoms. The van der Waals surface area contributed by atoms with Crippen molar-refractivity contribution < 1.29 is 9.90 Å². The van der Waals surface area contributed by atoms with E-state index in [2.05, 4.69) is 6.58 Å². The maximum atomic E-state index is 10.0. The summed E-state index contributed by atoms with van der Waals surface area (Å²) < 4.78 is 0. The van der Waals surface area contributed by atoms with E-state index in [1.807, 2.05) is 0 Å². The van der Waals surface area contributed by atoms with Crippen LogP contribution in [0.2, 0.25) is 0 Å². The molecule has 0 fully saturated rings. The summed E-state index contributed by atoms with van der Waals surface area (Å²) in [6.45, 7) is 3.30. The number of carbonyl (C=O) groups is 1. The fourth-order valence-corrected chi connectivity index (χ4v) is 0.492. The largest absolute Gasteiger partial charge is 0.480 e. The third-order valence-electron chi connectivity index (χ3n) is 0.759. The van der Waals surface area contributed by atoms with Crippen molar-refractivity contribution in [2.45, 2.75) is 12.5 Å². The van der Waals surface area contributed by atoms with Gasteiger partial charge in [-0.3, -0.25) is 4.79 Å². The van der Waals surface area contributed by atoms with Gasteiger partial charge >= 0.3 is 5.97 Å². The zero-order valence-electron chi connectivity index (χ0n) is 4.80. The van der Waals surface area contributed by atoms with Crippen molar-refractivity contribution >= 4 is 17.6 Å². The number of rotatable bonds is 3. The normalized spacial score (nSPS) is 12.7. The number of nitrogens with two attached hydrogens (primary N) is 1. The molecule has 0 saturated heterocycles. The van der Waals surface area contributed by atoms with Crippen LogP contribution in [0, 0.1) is 0 Å². The summed E-state index contributed by atoms with van der Waals surface area (Å²) in [5, 5.41) is 8.47. The molecule has 3 N–H and O–H groups in total. The first-order valence-corrected chi connectivity index (χ1v) is 2.73. The molecule has 0 radical (unpaired) electrons. The Balaban J connectivity index is 3.63. The van der Waals surface area contributed by atoms with Crippen LogP contribution in [0.25, 0.3) is 0 Å². The Kier molecular flexibility index (Phi) is 3.27. The van der Waals surface area contributed by atoms with Crippen LogP contribution in [0.3, 0.4) is 0 Å². The van der Waals surface area contributed by atoms with Crippen LogP contribution in [-0.2, 0) is 4.79 Å².